The topological polar surface area (TPSA) is 155 Å². The van der Waals surface area contributed by atoms with Crippen molar-refractivity contribution in [2.24, 2.45) is 5.92 Å². The highest BCUT2D eigenvalue weighted by atomic mass is 32.2. The summed E-state index contributed by atoms with van der Waals surface area (Å²) < 4.78 is 4.87. The summed E-state index contributed by atoms with van der Waals surface area (Å²) in [7, 11) is 0. The lowest BCUT2D eigenvalue weighted by molar-refractivity contribution is -0.176. The van der Waals surface area contributed by atoms with Crippen LogP contribution in [0.3, 0.4) is 0 Å². The Labute approximate surface area is 229 Å². The quantitative estimate of drug-likeness (QED) is 0.110. The predicted octanol–water partition coefficient (Wildman–Crippen LogP) is 1.35. The van der Waals surface area contributed by atoms with Crippen LogP contribution < -0.4 is 26.6 Å². The highest BCUT2D eigenvalue weighted by molar-refractivity contribution is 8.00. The van der Waals surface area contributed by atoms with Gasteiger partial charge in [0.15, 0.2) is 6.04 Å². The second kappa shape index (κ2) is 14.6. The van der Waals surface area contributed by atoms with Crippen molar-refractivity contribution in [1.29, 1.82) is 0 Å². The molecule has 0 aliphatic carbocycles. The fourth-order valence-corrected chi connectivity index (χ4v) is 6.56. The van der Waals surface area contributed by atoms with E-state index in [9.17, 15) is 24.0 Å². The van der Waals surface area contributed by atoms with Crippen LogP contribution in [0.15, 0.2) is 0 Å². The zero-order chi connectivity index (χ0) is 27.7. The summed E-state index contributed by atoms with van der Waals surface area (Å²) in [6, 6.07) is -0.979. The van der Waals surface area contributed by atoms with Gasteiger partial charge in [0, 0.05) is 30.4 Å². The Balaban J connectivity index is 1.20. The minimum absolute atomic E-state index is 0.0442. The van der Waals surface area contributed by atoms with Gasteiger partial charge in [-0.25, -0.2) is 9.59 Å². The van der Waals surface area contributed by atoms with E-state index in [1.165, 1.54) is 0 Å². The monoisotopic (exact) mass is 553 g/mol. The highest BCUT2D eigenvalue weighted by Gasteiger charge is 2.43. The molecule has 0 aromatic heterocycles. The number of carbonyl (C=O) groups is 5. The lowest BCUT2D eigenvalue weighted by Crippen LogP contribution is -2.61. The molecule has 0 aromatic carbocycles. The number of rotatable bonds is 16. The molecule has 0 bridgehead atoms. The molecule has 3 aliphatic rings. The van der Waals surface area contributed by atoms with Crippen LogP contribution in [0.5, 0.6) is 0 Å². The molecule has 3 saturated heterocycles. The molecule has 3 heterocycles. The zero-order valence-corrected chi connectivity index (χ0v) is 23.5. The number of carbonyl (C=O) groups excluding carboxylic acids is 5. The van der Waals surface area contributed by atoms with Gasteiger partial charge in [-0.05, 0) is 44.9 Å². The summed E-state index contributed by atoms with van der Waals surface area (Å²) in [5.41, 5.74) is 0. The molecule has 214 valence electrons. The van der Waals surface area contributed by atoms with Gasteiger partial charge >= 0.3 is 12.0 Å². The lowest BCUT2D eigenvalue weighted by atomic mass is 10.0. The largest absolute Gasteiger partial charge is 0.458 e. The molecule has 0 radical (unpaired) electrons. The minimum atomic E-state index is -0.690. The van der Waals surface area contributed by atoms with Gasteiger partial charge in [0.1, 0.15) is 12.1 Å². The van der Waals surface area contributed by atoms with Crippen molar-refractivity contribution in [3.63, 3.8) is 0 Å². The molecule has 3 aliphatic heterocycles. The third-order valence-electron chi connectivity index (χ3n) is 7.17. The van der Waals surface area contributed by atoms with Gasteiger partial charge in [-0.2, -0.15) is 11.8 Å². The molecule has 0 unspecified atom stereocenters. The summed E-state index contributed by atoms with van der Waals surface area (Å²) in [4.78, 5) is 60.1. The molecular formula is C26H43N5O6S. The molecule has 0 aromatic rings. The maximum absolute atomic E-state index is 12.6. The lowest BCUT2D eigenvalue weighted by Gasteiger charge is -2.34. The molecule has 0 saturated carbocycles. The summed E-state index contributed by atoms with van der Waals surface area (Å²) in [5.74, 6) is 0.175. The van der Waals surface area contributed by atoms with E-state index < -0.39 is 18.1 Å². The summed E-state index contributed by atoms with van der Waals surface area (Å²) >= 11 is 1.89. The van der Waals surface area contributed by atoms with E-state index in [2.05, 4.69) is 26.6 Å². The second-order valence-corrected chi connectivity index (χ2v) is 12.2. The Kier molecular flexibility index (Phi) is 11.5. The van der Waals surface area contributed by atoms with Gasteiger partial charge in [-0.3, -0.25) is 14.4 Å². The zero-order valence-electron chi connectivity index (χ0n) is 22.7. The van der Waals surface area contributed by atoms with E-state index in [1.54, 1.807) is 6.92 Å². The summed E-state index contributed by atoms with van der Waals surface area (Å²) in [5, 5.41) is 14.8. The standard InChI is InChI=1S/C26H43N5O6S/c1-15(2)13-17(24(34)30-22-16(3)37-25(22)35)28-21(33)11-5-4-8-12-27-20(32)10-7-6-9-19-23-18(14-38-19)29-26(36)31-23/h15-19,22-23H,4-14H2,1-3H3,(H,27,32)(H,28,33)(H,30,34)(H2,29,31,36)/t16-,17+,18+,19+,22+,23+/m1/s1. The number of urea groups is 1. The van der Waals surface area contributed by atoms with Crippen LogP contribution in [0.2, 0.25) is 0 Å². The van der Waals surface area contributed by atoms with Crippen molar-refractivity contribution < 1.29 is 28.7 Å². The van der Waals surface area contributed by atoms with E-state index in [0.717, 1.165) is 37.9 Å². The summed E-state index contributed by atoms with van der Waals surface area (Å²) in [6.45, 7) is 6.23. The van der Waals surface area contributed by atoms with Crippen LogP contribution in [-0.4, -0.2) is 77.5 Å². The molecule has 12 heteroatoms. The van der Waals surface area contributed by atoms with Crippen LogP contribution >= 0.6 is 11.8 Å². The van der Waals surface area contributed by atoms with Gasteiger partial charge in [-0.15, -0.1) is 0 Å². The number of fused-ring (bicyclic) bond motifs is 1. The van der Waals surface area contributed by atoms with E-state index in [0.29, 0.717) is 37.5 Å². The Morgan fingerprint density at radius 1 is 1.03 bits per heavy atom. The molecule has 5 amide bonds. The Morgan fingerprint density at radius 3 is 2.47 bits per heavy atom. The van der Waals surface area contributed by atoms with Gasteiger partial charge in [0.2, 0.25) is 17.7 Å². The third-order valence-corrected chi connectivity index (χ3v) is 8.67. The first-order chi connectivity index (χ1) is 18.1. The summed E-state index contributed by atoms with van der Waals surface area (Å²) in [6.07, 6.45) is 5.93. The van der Waals surface area contributed by atoms with Crippen LogP contribution in [-0.2, 0) is 23.9 Å². The van der Waals surface area contributed by atoms with Gasteiger partial charge in [0.25, 0.3) is 0 Å². The number of cyclic esters (lactones) is 1. The van der Waals surface area contributed by atoms with Crippen molar-refractivity contribution in [2.75, 3.05) is 12.3 Å². The smallest absolute Gasteiger partial charge is 0.332 e. The van der Waals surface area contributed by atoms with Gasteiger partial charge < -0.3 is 31.3 Å². The maximum atomic E-state index is 12.6. The Morgan fingerprint density at radius 2 is 1.76 bits per heavy atom. The average Bonchev–Trinajstić information content (AvgIpc) is 3.40. The molecule has 11 nitrogen and oxygen atoms in total. The number of ether oxygens (including phenoxy) is 1. The van der Waals surface area contributed by atoms with Gasteiger partial charge in [0.05, 0.1) is 12.1 Å². The van der Waals surface area contributed by atoms with Crippen molar-refractivity contribution in [3.8, 4) is 0 Å². The molecule has 38 heavy (non-hydrogen) atoms. The van der Waals surface area contributed by atoms with Crippen LogP contribution in [0, 0.1) is 5.92 Å². The number of hydrogen-bond donors (Lipinski definition) is 5. The van der Waals surface area contributed by atoms with Crippen molar-refractivity contribution in [1.82, 2.24) is 26.6 Å². The first kappa shape index (κ1) is 30.0. The molecule has 3 fully saturated rings. The molecule has 0 spiro atoms. The normalized spacial score (nSPS) is 26.5. The van der Waals surface area contributed by atoms with Crippen LogP contribution in [0.25, 0.3) is 0 Å². The molecule has 5 N–H and O–H groups in total. The first-order valence-electron chi connectivity index (χ1n) is 13.9. The molecule has 6 atom stereocenters. The number of unbranched alkanes of at least 4 members (excludes halogenated alkanes) is 3. The second-order valence-electron chi connectivity index (χ2n) is 10.9. The SMILES string of the molecule is CC(C)C[C@H](NC(=O)CCCCCNC(=O)CCCC[C@@H]1SC[C@@H]2NC(=O)N[C@@H]21)C(=O)N[C@@H]1C(=O)O[C@@H]1C. The van der Waals surface area contributed by atoms with Crippen molar-refractivity contribution in [3.05, 3.63) is 0 Å². The predicted molar refractivity (Wildman–Crippen MR) is 144 cm³/mol. The van der Waals surface area contributed by atoms with E-state index >= 15 is 0 Å². The number of hydrogen-bond acceptors (Lipinski definition) is 7. The number of amides is 5. The maximum Gasteiger partial charge on any atom is 0.332 e. The van der Waals surface area contributed by atoms with Crippen LogP contribution in [0.1, 0.15) is 78.6 Å². The van der Waals surface area contributed by atoms with E-state index in [4.69, 9.17) is 4.74 Å². The van der Waals surface area contributed by atoms with Crippen molar-refractivity contribution >= 4 is 41.5 Å². The molecular weight excluding hydrogens is 510 g/mol. The fourth-order valence-electron chi connectivity index (χ4n) is 5.02. The highest BCUT2D eigenvalue weighted by Crippen LogP contribution is 2.33. The fraction of sp³-hybridized carbons (Fsp3) is 0.808. The van der Waals surface area contributed by atoms with Crippen molar-refractivity contribution in [2.45, 2.75) is 114 Å². The van der Waals surface area contributed by atoms with E-state index in [-0.39, 0.29) is 47.9 Å². The molecule has 3 rings (SSSR count). The first-order valence-corrected chi connectivity index (χ1v) is 14.9. The third kappa shape index (κ3) is 9.06. The average molecular weight is 554 g/mol. The minimum Gasteiger partial charge on any atom is -0.458 e. The number of nitrogens with one attached hydrogen (secondary N) is 5. The van der Waals surface area contributed by atoms with Gasteiger partial charge in [-0.1, -0.05) is 26.7 Å². The van der Waals surface area contributed by atoms with Crippen LogP contribution in [0.4, 0.5) is 4.79 Å². The Bertz CT molecular complexity index is 871. The number of esters is 1. The number of thioether (sulfide) groups is 1. The van der Waals surface area contributed by atoms with E-state index in [1.807, 2.05) is 25.6 Å². The Hall–Kier alpha value is -2.50.